The number of rotatable bonds is 4. The summed E-state index contributed by atoms with van der Waals surface area (Å²) in [6.07, 6.45) is 2.71. The van der Waals surface area contributed by atoms with Crippen LogP contribution < -0.4 is 5.32 Å². The van der Waals surface area contributed by atoms with Gasteiger partial charge in [-0.1, -0.05) is 41.1 Å². The van der Waals surface area contributed by atoms with Gasteiger partial charge in [0.2, 0.25) is 0 Å². The zero-order valence-corrected chi connectivity index (χ0v) is 13.1. The maximum absolute atomic E-state index is 4.64. The lowest BCUT2D eigenvalue weighted by molar-refractivity contribution is 0.380. The van der Waals surface area contributed by atoms with E-state index < -0.39 is 0 Å². The summed E-state index contributed by atoms with van der Waals surface area (Å²) in [6, 6.07) is 6.27. The van der Waals surface area contributed by atoms with Crippen molar-refractivity contribution in [3.8, 4) is 0 Å². The summed E-state index contributed by atoms with van der Waals surface area (Å²) in [5, 5.41) is 4.58. The third kappa shape index (κ3) is 2.28. The summed E-state index contributed by atoms with van der Waals surface area (Å²) in [6.45, 7) is 5.71. The van der Waals surface area contributed by atoms with Crippen molar-refractivity contribution in [3.05, 3.63) is 22.7 Å². The standard InChI is InChI=1S/C14H17BrN2S/c1-9(2)14(5-6-14)8-16-13-17-11-7-10(15)3-4-12(11)18-13/h3-4,7,9H,5-6,8H2,1-2H3,(H,16,17). The van der Waals surface area contributed by atoms with Crippen molar-refractivity contribution >= 4 is 42.6 Å². The van der Waals surface area contributed by atoms with Gasteiger partial charge in [-0.25, -0.2) is 4.98 Å². The van der Waals surface area contributed by atoms with Gasteiger partial charge in [-0.15, -0.1) is 0 Å². The van der Waals surface area contributed by atoms with Gasteiger partial charge in [-0.05, 0) is 42.4 Å². The van der Waals surface area contributed by atoms with Crippen LogP contribution in [0.1, 0.15) is 26.7 Å². The number of fused-ring (bicyclic) bond motifs is 1. The average Bonchev–Trinajstić information content (AvgIpc) is 3.02. The second kappa shape index (κ2) is 4.49. The Labute approximate surface area is 120 Å². The first kappa shape index (κ1) is 12.4. The van der Waals surface area contributed by atoms with Crippen LogP contribution in [0.2, 0.25) is 0 Å². The molecule has 18 heavy (non-hydrogen) atoms. The Bertz CT molecular complexity index is 572. The molecular weight excluding hydrogens is 308 g/mol. The molecule has 0 amide bonds. The van der Waals surface area contributed by atoms with Crippen LogP contribution in [0, 0.1) is 11.3 Å². The maximum Gasteiger partial charge on any atom is 0.183 e. The fourth-order valence-electron chi connectivity index (χ4n) is 2.35. The Hall–Kier alpha value is -0.610. The fraction of sp³-hybridized carbons (Fsp3) is 0.500. The lowest BCUT2D eigenvalue weighted by atomic mass is 9.92. The molecule has 1 aliphatic rings. The fourth-order valence-corrected chi connectivity index (χ4v) is 3.54. The van der Waals surface area contributed by atoms with Crippen molar-refractivity contribution in [2.75, 3.05) is 11.9 Å². The summed E-state index contributed by atoms with van der Waals surface area (Å²) in [7, 11) is 0. The van der Waals surface area contributed by atoms with E-state index in [0.717, 1.165) is 27.6 Å². The maximum atomic E-state index is 4.64. The van der Waals surface area contributed by atoms with Crippen molar-refractivity contribution in [1.82, 2.24) is 4.98 Å². The van der Waals surface area contributed by atoms with Gasteiger partial charge in [0.1, 0.15) is 0 Å². The quantitative estimate of drug-likeness (QED) is 0.864. The van der Waals surface area contributed by atoms with Crippen LogP contribution in [-0.2, 0) is 0 Å². The van der Waals surface area contributed by atoms with Gasteiger partial charge in [0.05, 0.1) is 10.2 Å². The minimum atomic E-state index is 0.526. The first-order chi connectivity index (χ1) is 8.59. The number of hydrogen-bond donors (Lipinski definition) is 1. The molecule has 0 saturated heterocycles. The van der Waals surface area contributed by atoms with E-state index in [1.165, 1.54) is 17.5 Å². The van der Waals surface area contributed by atoms with Crippen molar-refractivity contribution < 1.29 is 0 Å². The SMILES string of the molecule is CC(C)C1(CNc2nc3cc(Br)ccc3s2)CC1. The second-order valence-electron chi connectivity index (χ2n) is 5.50. The Morgan fingerprint density at radius 2 is 2.22 bits per heavy atom. The van der Waals surface area contributed by atoms with Gasteiger partial charge < -0.3 is 5.32 Å². The zero-order valence-electron chi connectivity index (χ0n) is 10.7. The topological polar surface area (TPSA) is 24.9 Å². The molecule has 2 aromatic rings. The number of nitrogens with zero attached hydrogens (tertiary/aromatic N) is 1. The highest BCUT2D eigenvalue weighted by Crippen LogP contribution is 2.51. The van der Waals surface area contributed by atoms with E-state index in [1.807, 2.05) is 0 Å². The Balaban J connectivity index is 1.75. The molecule has 1 N–H and O–H groups in total. The molecule has 2 nitrogen and oxygen atoms in total. The molecule has 0 bridgehead atoms. The summed E-state index contributed by atoms with van der Waals surface area (Å²) in [5.74, 6) is 0.758. The lowest BCUT2D eigenvalue weighted by Crippen LogP contribution is -2.20. The Morgan fingerprint density at radius 3 is 2.89 bits per heavy atom. The molecule has 0 atom stereocenters. The van der Waals surface area contributed by atoms with Crippen molar-refractivity contribution in [3.63, 3.8) is 0 Å². The lowest BCUT2D eigenvalue weighted by Gasteiger charge is -2.19. The van der Waals surface area contributed by atoms with E-state index >= 15 is 0 Å². The summed E-state index contributed by atoms with van der Waals surface area (Å²) >= 11 is 5.23. The van der Waals surface area contributed by atoms with Gasteiger partial charge in [-0.2, -0.15) is 0 Å². The molecule has 0 radical (unpaired) electrons. The minimum absolute atomic E-state index is 0.526. The van der Waals surface area contributed by atoms with Crippen LogP contribution in [0.15, 0.2) is 22.7 Å². The molecule has 1 aromatic heterocycles. The smallest absolute Gasteiger partial charge is 0.183 e. The van der Waals surface area contributed by atoms with Crippen molar-refractivity contribution in [2.24, 2.45) is 11.3 Å². The van der Waals surface area contributed by atoms with Gasteiger partial charge in [0.15, 0.2) is 5.13 Å². The molecule has 1 heterocycles. The molecule has 0 unspecified atom stereocenters. The van der Waals surface area contributed by atoms with E-state index in [-0.39, 0.29) is 0 Å². The second-order valence-corrected chi connectivity index (χ2v) is 7.45. The summed E-state index contributed by atoms with van der Waals surface area (Å²) in [4.78, 5) is 4.64. The zero-order chi connectivity index (χ0) is 12.8. The number of nitrogens with one attached hydrogen (secondary N) is 1. The molecule has 0 aliphatic heterocycles. The first-order valence-corrected chi connectivity index (χ1v) is 8.00. The molecule has 4 heteroatoms. The third-order valence-corrected chi connectivity index (χ3v) is 5.55. The third-order valence-electron chi connectivity index (χ3n) is 4.06. The van der Waals surface area contributed by atoms with Crippen LogP contribution in [0.3, 0.4) is 0 Å². The van der Waals surface area contributed by atoms with Gasteiger partial charge in [0, 0.05) is 11.0 Å². The number of thiazole rings is 1. The van der Waals surface area contributed by atoms with Gasteiger partial charge >= 0.3 is 0 Å². The highest BCUT2D eigenvalue weighted by atomic mass is 79.9. The number of halogens is 1. The monoisotopic (exact) mass is 324 g/mol. The molecule has 3 rings (SSSR count). The molecule has 1 saturated carbocycles. The summed E-state index contributed by atoms with van der Waals surface area (Å²) in [5.41, 5.74) is 1.60. The summed E-state index contributed by atoms with van der Waals surface area (Å²) < 4.78 is 2.34. The molecular formula is C14H17BrN2S. The predicted molar refractivity (Wildman–Crippen MR) is 82.3 cm³/mol. The van der Waals surface area contributed by atoms with Crippen LogP contribution in [0.5, 0.6) is 0 Å². The minimum Gasteiger partial charge on any atom is -0.361 e. The number of hydrogen-bond acceptors (Lipinski definition) is 3. The van der Waals surface area contributed by atoms with Gasteiger partial charge in [0.25, 0.3) is 0 Å². The molecule has 1 aromatic carbocycles. The number of aromatic nitrogens is 1. The van der Waals surface area contributed by atoms with Crippen LogP contribution in [0.25, 0.3) is 10.2 Å². The molecule has 0 spiro atoms. The first-order valence-electron chi connectivity index (χ1n) is 6.39. The highest BCUT2D eigenvalue weighted by molar-refractivity contribution is 9.10. The van der Waals surface area contributed by atoms with E-state index in [9.17, 15) is 0 Å². The van der Waals surface area contributed by atoms with E-state index in [2.05, 4.69) is 58.3 Å². The normalized spacial score (nSPS) is 17.3. The number of benzene rings is 1. The Morgan fingerprint density at radius 1 is 1.44 bits per heavy atom. The predicted octanol–water partition coefficient (Wildman–Crippen LogP) is 4.91. The molecule has 1 fully saturated rings. The van der Waals surface area contributed by atoms with E-state index in [4.69, 9.17) is 0 Å². The van der Waals surface area contributed by atoms with Crippen LogP contribution in [-0.4, -0.2) is 11.5 Å². The Kier molecular flexibility index (Phi) is 3.10. The van der Waals surface area contributed by atoms with Crippen LogP contribution in [0.4, 0.5) is 5.13 Å². The molecule has 96 valence electrons. The number of anilines is 1. The highest BCUT2D eigenvalue weighted by Gasteiger charge is 2.45. The molecule has 1 aliphatic carbocycles. The van der Waals surface area contributed by atoms with Gasteiger partial charge in [-0.3, -0.25) is 0 Å². The van der Waals surface area contributed by atoms with Crippen molar-refractivity contribution in [1.29, 1.82) is 0 Å². The average molecular weight is 325 g/mol. The van der Waals surface area contributed by atoms with E-state index in [1.54, 1.807) is 11.3 Å². The largest absolute Gasteiger partial charge is 0.361 e. The van der Waals surface area contributed by atoms with Crippen molar-refractivity contribution in [2.45, 2.75) is 26.7 Å². The van der Waals surface area contributed by atoms with Crippen LogP contribution >= 0.6 is 27.3 Å². The van der Waals surface area contributed by atoms with E-state index in [0.29, 0.717) is 5.41 Å².